The highest BCUT2D eigenvalue weighted by Gasteiger charge is 2.60. The molecule has 6 rings (SSSR count). The van der Waals surface area contributed by atoms with Crippen LogP contribution in [0.1, 0.15) is 41.0 Å². The fourth-order valence-electron chi connectivity index (χ4n) is 4.73. The molecule has 5 heteroatoms. The molecular formula is C18H21N3OS. The van der Waals surface area contributed by atoms with Gasteiger partial charge in [-0.2, -0.15) is 0 Å². The zero-order valence-corrected chi connectivity index (χ0v) is 14.2. The van der Waals surface area contributed by atoms with Gasteiger partial charge in [0.1, 0.15) is 0 Å². The molecule has 4 aliphatic rings. The molecule has 4 heterocycles. The fourth-order valence-corrected chi connectivity index (χ4v) is 5.59. The normalized spacial score (nSPS) is 30.7. The van der Waals surface area contributed by atoms with Gasteiger partial charge < -0.3 is 5.32 Å². The predicted molar refractivity (Wildman–Crippen MR) is 91.9 cm³/mol. The Morgan fingerprint density at radius 3 is 2.87 bits per heavy atom. The van der Waals surface area contributed by atoms with Crippen molar-refractivity contribution in [2.75, 3.05) is 13.1 Å². The largest absolute Gasteiger partial charge is 0.347 e. The van der Waals surface area contributed by atoms with Crippen molar-refractivity contribution in [1.82, 2.24) is 15.2 Å². The summed E-state index contributed by atoms with van der Waals surface area (Å²) in [6.45, 7) is 4.46. The van der Waals surface area contributed by atoms with Crippen LogP contribution in [0, 0.1) is 12.8 Å². The van der Waals surface area contributed by atoms with Crippen molar-refractivity contribution in [2.45, 2.75) is 44.2 Å². The molecule has 3 aliphatic heterocycles. The Morgan fingerprint density at radius 2 is 2.13 bits per heavy atom. The highest BCUT2D eigenvalue weighted by atomic mass is 32.1. The lowest BCUT2D eigenvalue weighted by molar-refractivity contribution is -0.00144. The van der Waals surface area contributed by atoms with Gasteiger partial charge in [-0.3, -0.25) is 9.69 Å². The Balaban J connectivity index is 1.42. The minimum absolute atomic E-state index is 0.0861. The second kappa shape index (κ2) is 4.77. The van der Waals surface area contributed by atoms with Gasteiger partial charge in [0, 0.05) is 11.1 Å². The van der Waals surface area contributed by atoms with Crippen LogP contribution in [0.2, 0.25) is 0 Å². The number of benzene rings is 1. The summed E-state index contributed by atoms with van der Waals surface area (Å²) in [4.78, 5) is 19.9. The number of nitrogens with zero attached hydrogens (tertiary/aromatic N) is 2. The number of hydrogen-bond acceptors (Lipinski definition) is 4. The molecule has 1 aromatic heterocycles. The monoisotopic (exact) mass is 327 g/mol. The van der Waals surface area contributed by atoms with E-state index in [1.807, 2.05) is 25.1 Å². The number of aromatic nitrogens is 1. The van der Waals surface area contributed by atoms with E-state index in [0.717, 1.165) is 20.8 Å². The second-order valence-electron chi connectivity index (χ2n) is 7.29. The van der Waals surface area contributed by atoms with Gasteiger partial charge in [-0.05, 0) is 69.8 Å². The summed E-state index contributed by atoms with van der Waals surface area (Å²) >= 11 is 1.65. The average molecular weight is 327 g/mol. The third kappa shape index (κ3) is 2.06. The van der Waals surface area contributed by atoms with Gasteiger partial charge in [0.2, 0.25) is 0 Å². The van der Waals surface area contributed by atoms with Crippen molar-refractivity contribution in [3.8, 4) is 0 Å². The lowest BCUT2D eigenvalue weighted by atomic mass is 9.77. The average Bonchev–Trinajstić information content (AvgIpc) is 3.24. The summed E-state index contributed by atoms with van der Waals surface area (Å²) in [5.74, 6) is 0.754. The van der Waals surface area contributed by atoms with Crippen LogP contribution in [0.4, 0.5) is 0 Å². The van der Waals surface area contributed by atoms with E-state index < -0.39 is 0 Å². The van der Waals surface area contributed by atoms with E-state index in [0.29, 0.717) is 17.5 Å². The van der Waals surface area contributed by atoms with Crippen LogP contribution in [-0.2, 0) is 0 Å². The summed E-state index contributed by atoms with van der Waals surface area (Å²) in [6, 6.07) is 6.22. The maximum atomic E-state index is 12.8. The molecule has 23 heavy (non-hydrogen) atoms. The van der Waals surface area contributed by atoms with Gasteiger partial charge in [-0.1, -0.05) is 0 Å². The molecule has 2 aromatic rings. The lowest BCUT2D eigenvalue weighted by Gasteiger charge is -2.52. The molecule has 1 aliphatic carbocycles. The van der Waals surface area contributed by atoms with Gasteiger partial charge in [0.25, 0.3) is 5.91 Å². The third-order valence-corrected chi connectivity index (χ3v) is 6.96. The molecule has 1 saturated carbocycles. The van der Waals surface area contributed by atoms with E-state index in [4.69, 9.17) is 0 Å². The number of fused-ring (bicyclic) bond motifs is 3. The molecule has 1 amide bonds. The molecule has 4 fully saturated rings. The number of aryl methyl sites for hydroxylation is 1. The molecule has 1 N–H and O–H groups in total. The van der Waals surface area contributed by atoms with Gasteiger partial charge in [-0.25, -0.2) is 4.98 Å². The minimum Gasteiger partial charge on any atom is -0.347 e. The van der Waals surface area contributed by atoms with Crippen molar-refractivity contribution in [3.05, 3.63) is 28.8 Å². The zero-order chi connectivity index (χ0) is 15.6. The third-order valence-electron chi connectivity index (χ3n) is 6.03. The van der Waals surface area contributed by atoms with Crippen LogP contribution in [0.3, 0.4) is 0 Å². The summed E-state index contributed by atoms with van der Waals surface area (Å²) in [6.07, 6.45) is 4.97. The van der Waals surface area contributed by atoms with Gasteiger partial charge in [0.15, 0.2) is 0 Å². The number of amides is 1. The van der Waals surface area contributed by atoms with Crippen molar-refractivity contribution >= 4 is 27.5 Å². The van der Waals surface area contributed by atoms with Gasteiger partial charge in [0.05, 0.1) is 21.3 Å². The highest BCUT2D eigenvalue weighted by Crippen LogP contribution is 2.53. The molecule has 1 unspecified atom stereocenters. The van der Waals surface area contributed by atoms with E-state index in [1.54, 1.807) is 11.3 Å². The topological polar surface area (TPSA) is 45.2 Å². The molecule has 1 aromatic carbocycles. The number of piperidine rings is 3. The van der Waals surface area contributed by atoms with Crippen LogP contribution in [0.15, 0.2) is 18.2 Å². The van der Waals surface area contributed by atoms with Crippen molar-refractivity contribution in [2.24, 2.45) is 5.92 Å². The van der Waals surface area contributed by atoms with E-state index in [9.17, 15) is 4.79 Å². The smallest absolute Gasteiger partial charge is 0.251 e. The number of carbonyl (C=O) groups is 1. The summed E-state index contributed by atoms with van der Waals surface area (Å²) < 4.78 is 1.10. The van der Waals surface area contributed by atoms with Crippen molar-refractivity contribution in [3.63, 3.8) is 0 Å². The maximum absolute atomic E-state index is 12.8. The number of nitrogens with one attached hydrogen (secondary N) is 1. The van der Waals surface area contributed by atoms with Crippen molar-refractivity contribution < 1.29 is 4.79 Å². The fraction of sp³-hybridized carbons (Fsp3) is 0.556. The molecule has 120 valence electrons. The lowest BCUT2D eigenvalue weighted by Crippen LogP contribution is -2.65. The molecular weight excluding hydrogens is 306 g/mol. The standard InChI is InChI=1S/C18H21N3OS/c1-11-19-14-3-2-13(10-15(14)23-11)17(22)20-16-12-4-8-21(9-5-12)18(16)6-7-18/h2-3,10,12,16H,4-9H2,1H3,(H,20,22). The Labute approximate surface area is 139 Å². The van der Waals surface area contributed by atoms with Crippen LogP contribution in [0.25, 0.3) is 10.2 Å². The first-order chi connectivity index (χ1) is 11.2. The number of rotatable bonds is 2. The van der Waals surface area contributed by atoms with E-state index in [-0.39, 0.29) is 5.91 Å². The van der Waals surface area contributed by atoms with Gasteiger partial charge in [-0.15, -0.1) is 11.3 Å². The zero-order valence-electron chi connectivity index (χ0n) is 13.3. The first-order valence-electron chi connectivity index (χ1n) is 8.59. The number of carbonyl (C=O) groups excluding carboxylic acids is 1. The van der Waals surface area contributed by atoms with Gasteiger partial charge >= 0.3 is 0 Å². The van der Waals surface area contributed by atoms with E-state index >= 15 is 0 Å². The molecule has 4 nitrogen and oxygen atoms in total. The quantitative estimate of drug-likeness (QED) is 0.922. The first-order valence-corrected chi connectivity index (χ1v) is 9.40. The van der Waals surface area contributed by atoms with Crippen LogP contribution < -0.4 is 5.32 Å². The van der Waals surface area contributed by atoms with Crippen LogP contribution in [-0.4, -0.2) is 40.5 Å². The maximum Gasteiger partial charge on any atom is 0.251 e. The van der Waals surface area contributed by atoms with Crippen LogP contribution >= 0.6 is 11.3 Å². The SMILES string of the molecule is Cc1nc2ccc(C(=O)NC3C4CCN(CC4)C34CC4)cc2s1. The Kier molecular flexibility index (Phi) is 2.89. The molecule has 3 saturated heterocycles. The van der Waals surface area contributed by atoms with Crippen LogP contribution in [0.5, 0.6) is 0 Å². The predicted octanol–water partition coefficient (Wildman–Crippen LogP) is 2.96. The van der Waals surface area contributed by atoms with E-state index in [2.05, 4.69) is 15.2 Å². The summed E-state index contributed by atoms with van der Waals surface area (Å²) in [5.41, 5.74) is 2.06. The Bertz CT molecular complexity index is 787. The Morgan fingerprint density at radius 1 is 1.35 bits per heavy atom. The number of hydrogen-bond donors (Lipinski definition) is 1. The molecule has 0 radical (unpaired) electrons. The Hall–Kier alpha value is -1.46. The summed E-state index contributed by atoms with van der Waals surface area (Å²) in [7, 11) is 0. The second-order valence-corrected chi connectivity index (χ2v) is 8.53. The molecule has 2 bridgehead atoms. The van der Waals surface area contributed by atoms with Crippen molar-refractivity contribution in [1.29, 1.82) is 0 Å². The number of thiazole rings is 1. The summed E-state index contributed by atoms with van der Waals surface area (Å²) in [5, 5.41) is 4.44. The first kappa shape index (κ1) is 13.9. The molecule has 1 spiro atoms. The van der Waals surface area contributed by atoms with E-state index in [1.165, 1.54) is 38.8 Å². The highest BCUT2D eigenvalue weighted by molar-refractivity contribution is 7.18. The molecule has 1 atom stereocenters. The minimum atomic E-state index is 0.0861.